The van der Waals surface area contributed by atoms with Gasteiger partial charge in [-0.25, -0.2) is 0 Å². The van der Waals surface area contributed by atoms with Crippen LogP contribution in [0.4, 0.5) is 5.69 Å². The van der Waals surface area contributed by atoms with E-state index in [1.54, 1.807) is 24.1 Å². The number of methoxy groups -OCH3 is 4. The third-order valence-corrected chi connectivity index (χ3v) is 4.61. The standard InChI is InChI=1S/C19H20N2O5S/c1-23-13-7-5-12(6-8-13)21-16(18(22)20-19(21)27)11-9-14(24-2)17(26-4)15(10-11)25-3/h5-10,16H,1-4H3,(H,20,22,27). The van der Waals surface area contributed by atoms with Gasteiger partial charge in [-0.15, -0.1) is 0 Å². The molecule has 0 aliphatic carbocycles. The van der Waals surface area contributed by atoms with E-state index in [4.69, 9.17) is 31.2 Å². The number of benzene rings is 2. The summed E-state index contributed by atoms with van der Waals surface area (Å²) < 4.78 is 21.4. The highest BCUT2D eigenvalue weighted by Gasteiger charge is 2.39. The molecule has 3 rings (SSSR count). The molecule has 1 fully saturated rings. The molecule has 2 aromatic carbocycles. The van der Waals surface area contributed by atoms with Gasteiger partial charge in [0.25, 0.3) is 5.91 Å². The number of ether oxygens (including phenoxy) is 4. The smallest absolute Gasteiger partial charge is 0.253 e. The minimum Gasteiger partial charge on any atom is -0.497 e. The summed E-state index contributed by atoms with van der Waals surface area (Å²) in [7, 11) is 6.18. The van der Waals surface area contributed by atoms with E-state index >= 15 is 0 Å². The lowest BCUT2D eigenvalue weighted by atomic mass is 10.0. The predicted octanol–water partition coefficient (Wildman–Crippen LogP) is 2.68. The van der Waals surface area contributed by atoms with Crippen molar-refractivity contribution in [1.29, 1.82) is 0 Å². The molecular weight excluding hydrogens is 368 g/mol. The Morgan fingerprint density at radius 1 is 0.926 bits per heavy atom. The number of nitrogens with zero attached hydrogens (tertiary/aromatic N) is 1. The average Bonchev–Trinajstić information content (AvgIpc) is 3.00. The van der Waals surface area contributed by atoms with Crippen LogP contribution < -0.4 is 29.2 Å². The molecule has 0 saturated carbocycles. The molecule has 0 aromatic heterocycles. The zero-order chi connectivity index (χ0) is 19.6. The fraction of sp³-hybridized carbons (Fsp3) is 0.263. The summed E-state index contributed by atoms with van der Waals surface area (Å²) >= 11 is 5.38. The molecule has 0 spiro atoms. The summed E-state index contributed by atoms with van der Waals surface area (Å²) in [5.41, 5.74) is 1.43. The van der Waals surface area contributed by atoms with Gasteiger partial charge < -0.3 is 29.2 Å². The first kappa shape index (κ1) is 18.8. The first-order valence-corrected chi connectivity index (χ1v) is 8.52. The summed E-state index contributed by atoms with van der Waals surface area (Å²) in [6.45, 7) is 0. The lowest BCUT2D eigenvalue weighted by Gasteiger charge is -2.25. The number of hydrogen-bond acceptors (Lipinski definition) is 6. The van der Waals surface area contributed by atoms with E-state index in [1.165, 1.54) is 21.3 Å². The van der Waals surface area contributed by atoms with Gasteiger partial charge in [-0.3, -0.25) is 4.79 Å². The molecule has 1 unspecified atom stereocenters. The van der Waals surface area contributed by atoms with Crippen LogP contribution in [0.25, 0.3) is 0 Å². The van der Waals surface area contributed by atoms with E-state index < -0.39 is 6.04 Å². The molecule has 0 radical (unpaired) electrons. The van der Waals surface area contributed by atoms with Gasteiger partial charge >= 0.3 is 0 Å². The average molecular weight is 388 g/mol. The summed E-state index contributed by atoms with van der Waals surface area (Å²) in [4.78, 5) is 14.4. The van der Waals surface area contributed by atoms with Gasteiger partial charge in [-0.05, 0) is 54.2 Å². The van der Waals surface area contributed by atoms with Gasteiger partial charge in [0.1, 0.15) is 11.8 Å². The molecule has 27 heavy (non-hydrogen) atoms. The highest BCUT2D eigenvalue weighted by atomic mass is 32.1. The lowest BCUT2D eigenvalue weighted by Crippen LogP contribution is -2.29. The molecule has 1 heterocycles. The molecule has 2 aromatic rings. The Bertz CT molecular complexity index is 844. The molecular formula is C19H20N2O5S. The second-order valence-corrected chi connectivity index (χ2v) is 6.11. The van der Waals surface area contributed by atoms with E-state index in [1.807, 2.05) is 24.3 Å². The van der Waals surface area contributed by atoms with Crippen LogP contribution in [0.15, 0.2) is 36.4 Å². The van der Waals surface area contributed by atoms with Crippen molar-refractivity contribution < 1.29 is 23.7 Å². The summed E-state index contributed by atoms with van der Waals surface area (Å²) in [5, 5.41) is 3.04. The van der Waals surface area contributed by atoms with Crippen molar-refractivity contribution in [2.75, 3.05) is 33.3 Å². The number of anilines is 1. The van der Waals surface area contributed by atoms with Crippen LogP contribution in [0.1, 0.15) is 11.6 Å². The van der Waals surface area contributed by atoms with Crippen LogP contribution in [0.5, 0.6) is 23.0 Å². The zero-order valence-corrected chi connectivity index (χ0v) is 16.3. The Labute approximate surface area is 162 Å². The Balaban J connectivity index is 2.09. The number of thiocarbonyl (C=S) groups is 1. The third-order valence-electron chi connectivity index (χ3n) is 4.31. The van der Waals surface area contributed by atoms with Crippen molar-refractivity contribution in [2.45, 2.75) is 6.04 Å². The minimum atomic E-state index is -0.667. The molecule has 1 N–H and O–H groups in total. The topological polar surface area (TPSA) is 69.3 Å². The largest absolute Gasteiger partial charge is 0.497 e. The molecule has 1 saturated heterocycles. The number of rotatable bonds is 6. The molecule has 142 valence electrons. The molecule has 0 bridgehead atoms. The van der Waals surface area contributed by atoms with Gasteiger partial charge in [0.15, 0.2) is 16.6 Å². The first-order valence-electron chi connectivity index (χ1n) is 8.12. The number of amides is 1. The molecule has 8 heteroatoms. The lowest BCUT2D eigenvalue weighted by molar-refractivity contribution is -0.119. The van der Waals surface area contributed by atoms with E-state index in [2.05, 4.69) is 5.32 Å². The van der Waals surface area contributed by atoms with E-state index in [0.29, 0.717) is 33.7 Å². The van der Waals surface area contributed by atoms with Gasteiger partial charge in [0, 0.05) is 5.69 Å². The number of hydrogen-bond donors (Lipinski definition) is 1. The fourth-order valence-electron chi connectivity index (χ4n) is 3.04. The molecule has 7 nitrogen and oxygen atoms in total. The van der Waals surface area contributed by atoms with Crippen LogP contribution in [0, 0.1) is 0 Å². The molecule has 1 atom stereocenters. The molecule has 1 amide bonds. The first-order chi connectivity index (χ1) is 13.0. The van der Waals surface area contributed by atoms with Gasteiger partial charge in [0.2, 0.25) is 5.75 Å². The van der Waals surface area contributed by atoms with Crippen LogP contribution in [-0.4, -0.2) is 39.5 Å². The van der Waals surface area contributed by atoms with Crippen LogP contribution in [0.2, 0.25) is 0 Å². The second kappa shape index (κ2) is 7.71. The quantitative estimate of drug-likeness (QED) is 0.763. The van der Waals surface area contributed by atoms with Crippen molar-refractivity contribution in [3.05, 3.63) is 42.0 Å². The number of nitrogens with one attached hydrogen (secondary N) is 1. The van der Waals surface area contributed by atoms with E-state index in [-0.39, 0.29) is 5.91 Å². The zero-order valence-electron chi connectivity index (χ0n) is 15.4. The van der Waals surface area contributed by atoms with E-state index in [0.717, 1.165) is 5.69 Å². The van der Waals surface area contributed by atoms with Crippen molar-refractivity contribution in [3.8, 4) is 23.0 Å². The third kappa shape index (κ3) is 3.35. The second-order valence-electron chi connectivity index (χ2n) is 5.72. The maximum absolute atomic E-state index is 12.7. The van der Waals surface area contributed by atoms with Crippen LogP contribution in [0.3, 0.4) is 0 Å². The van der Waals surface area contributed by atoms with Crippen LogP contribution >= 0.6 is 12.2 Å². The Kier molecular flexibility index (Phi) is 5.36. The van der Waals surface area contributed by atoms with Crippen molar-refractivity contribution in [1.82, 2.24) is 5.32 Å². The SMILES string of the molecule is COc1ccc(N2C(=S)NC(=O)C2c2cc(OC)c(OC)c(OC)c2)cc1. The van der Waals surface area contributed by atoms with Crippen molar-refractivity contribution in [3.63, 3.8) is 0 Å². The molecule has 1 aliphatic rings. The monoisotopic (exact) mass is 388 g/mol. The van der Waals surface area contributed by atoms with Gasteiger partial charge in [0.05, 0.1) is 28.4 Å². The Morgan fingerprint density at radius 3 is 2.00 bits per heavy atom. The van der Waals surface area contributed by atoms with Crippen molar-refractivity contribution >= 4 is 28.9 Å². The number of carbonyl (C=O) groups excluding carboxylic acids is 1. The van der Waals surface area contributed by atoms with E-state index in [9.17, 15) is 4.79 Å². The summed E-state index contributed by atoms with van der Waals surface area (Å²) in [6, 6.07) is 10.1. The fourth-order valence-corrected chi connectivity index (χ4v) is 3.35. The van der Waals surface area contributed by atoms with Gasteiger partial charge in [-0.2, -0.15) is 0 Å². The minimum absolute atomic E-state index is 0.231. The van der Waals surface area contributed by atoms with Crippen LogP contribution in [-0.2, 0) is 4.79 Å². The van der Waals surface area contributed by atoms with Gasteiger partial charge in [-0.1, -0.05) is 0 Å². The van der Waals surface area contributed by atoms with Crippen molar-refractivity contribution in [2.24, 2.45) is 0 Å². The highest BCUT2D eigenvalue weighted by Crippen LogP contribution is 2.42. The summed E-state index contributed by atoms with van der Waals surface area (Å²) in [5.74, 6) is 1.87. The Hall–Kier alpha value is -3.00. The summed E-state index contributed by atoms with van der Waals surface area (Å²) in [6.07, 6.45) is 0. The Morgan fingerprint density at radius 2 is 1.52 bits per heavy atom. The maximum atomic E-state index is 12.7. The highest BCUT2D eigenvalue weighted by molar-refractivity contribution is 7.80. The molecule has 1 aliphatic heterocycles. The predicted molar refractivity (Wildman–Crippen MR) is 105 cm³/mol. The number of carbonyl (C=O) groups is 1. The normalized spacial score (nSPS) is 16.1. The maximum Gasteiger partial charge on any atom is 0.253 e.